The van der Waals surface area contributed by atoms with E-state index in [9.17, 15) is 4.79 Å². The topological polar surface area (TPSA) is 93.4 Å². The van der Waals surface area contributed by atoms with E-state index in [-0.39, 0.29) is 24.5 Å². The zero-order chi connectivity index (χ0) is 26.0. The van der Waals surface area contributed by atoms with Crippen molar-refractivity contribution in [2.45, 2.75) is 95.7 Å². The lowest BCUT2D eigenvalue weighted by Gasteiger charge is -2.35. The minimum absolute atomic E-state index is 0.0351. The lowest BCUT2D eigenvalue weighted by atomic mass is 9.82. The monoisotopic (exact) mass is 512 g/mol. The second kappa shape index (κ2) is 11.1. The third-order valence-electron chi connectivity index (χ3n) is 8.57. The zero-order valence-corrected chi connectivity index (χ0v) is 22.3. The van der Waals surface area contributed by atoms with Gasteiger partial charge in [0.1, 0.15) is 5.67 Å². The second-order valence-electron chi connectivity index (χ2n) is 11.3. The van der Waals surface area contributed by atoms with Crippen LogP contribution in [0.15, 0.2) is 18.5 Å². The van der Waals surface area contributed by atoms with Gasteiger partial charge in [0.05, 0.1) is 41.8 Å². The summed E-state index contributed by atoms with van der Waals surface area (Å²) in [7, 11) is 0. The molecule has 37 heavy (non-hydrogen) atoms. The number of alkyl halides is 1. The minimum Gasteiger partial charge on any atom is -0.381 e. The molecule has 2 N–H and O–H groups in total. The Labute approximate surface area is 218 Å². The second-order valence-corrected chi connectivity index (χ2v) is 11.3. The van der Waals surface area contributed by atoms with Crippen LogP contribution in [0.1, 0.15) is 101 Å². The van der Waals surface area contributed by atoms with Crippen molar-refractivity contribution in [3.63, 3.8) is 0 Å². The molecule has 5 rings (SSSR count). The van der Waals surface area contributed by atoms with E-state index in [2.05, 4.69) is 24.1 Å². The number of ether oxygens (including phenoxy) is 1. The molecule has 0 bridgehead atoms. The largest absolute Gasteiger partial charge is 0.381 e. The number of piperidine rings is 1. The average molecular weight is 513 g/mol. The zero-order valence-electron chi connectivity index (χ0n) is 22.3. The van der Waals surface area contributed by atoms with Gasteiger partial charge in [0, 0.05) is 37.6 Å². The fourth-order valence-electron chi connectivity index (χ4n) is 6.13. The fraction of sp³-hybridized carbons (Fsp3) is 0.714. The van der Waals surface area contributed by atoms with E-state index < -0.39 is 11.6 Å². The Balaban J connectivity index is 1.55. The molecule has 3 unspecified atom stereocenters. The first-order valence-electron chi connectivity index (χ1n) is 14.1. The maximum absolute atomic E-state index is 15.7. The number of allylic oxidation sites excluding steroid dienone is 1. The highest BCUT2D eigenvalue weighted by Crippen LogP contribution is 2.39. The van der Waals surface area contributed by atoms with Crippen LogP contribution in [0.3, 0.4) is 0 Å². The van der Waals surface area contributed by atoms with Crippen LogP contribution in [0.25, 0.3) is 5.78 Å². The van der Waals surface area contributed by atoms with Crippen molar-refractivity contribution in [3.8, 4) is 0 Å². The van der Waals surface area contributed by atoms with Gasteiger partial charge in [-0.2, -0.15) is 5.10 Å². The number of amides is 1. The van der Waals surface area contributed by atoms with Gasteiger partial charge in [0.25, 0.3) is 5.78 Å². The molecule has 4 heterocycles. The third-order valence-corrected chi connectivity index (χ3v) is 8.57. The van der Waals surface area contributed by atoms with Crippen LogP contribution in [0.4, 0.5) is 4.39 Å². The lowest BCUT2D eigenvalue weighted by molar-refractivity contribution is -0.126. The number of carbonyl (C=O) groups is 1. The summed E-state index contributed by atoms with van der Waals surface area (Å²) in [6, 6.07) is 0.0386. The lowest BCUT2D eigenvalue weighted by Crippen LogP contribution is -2.40. The molecular formula is C28H41FN6O2. The van der Waals surface area contributed by atoms with Crippen molar-refractivity contribution in [1.82, 2.24) is 30.2 Å². The first-order valence-corrected chi connectivity index (χ1v) is 14.1. The third kappa shape index (κ3) is 5.66. The molecule has 8 nitrogen and oxygen atoms in total. The predicted octanol–water partition coefficient (Wildman–Crippen LogP) is 4.56. The molecule has 1 amide bonds. The molecule has 2 aromatic heterocycles. The van der Waals surface area contributed by atoms with Crippen LogP contribution in [0, 0.1) is 11.8 Å². The van der Waals surface area contributed by atoms with Gasteiger partial charge in [-0.05, 0) is 44.9 Å². The van der Waals surface area contributed by atoms with Gasteiger partial charge in [-0.1, -0.05) is 32.8 Å². The predicted molar refractivity (Wildman–Crippen MR) is 140 cm³/mol. The Kier molecular flexibility index (Phi) is 7.79. The molecule has 4 atom stereocenters. The summed E-state index contributed by atoms with van der Waals surface area (Å²) < 4.78 is 23.2. The van der Waals surface area contributed by atoms with Crippen molar-refractivity contribution >= 4 is 11.7 Å². The number of aromatic nitrogens is 4. The van der Waals surface area contributed by atoms with Crippen LogP contribution in [-0.2, 0) is 16.0 Å². The molecule has 3 aliphatic rings. The summed E-state index contributed by atoms with van der Waals surface area (Å²) in [5.41, 5.74) is 1.66. The van der Waals surface area contributed by atoms with E-state index in [1.807, 2.05) is 6.20 Å². The van der Waals surface area contributed by atoms with Gasteiger partial charge in [0.15, 0.2) is 0 Å². The summed E-state index contributed by atoms with van der Waals surface area (Å²) in [5, 5.41) is 11.5. The molecule has 9 heteroatoms. The van der Waals surface area contributed by atoms with Crippen molar-refractivity contribution in [1.29, 1.82) is 0 Å². The van der Waals surface area contributed by atoms with E-state index >= 15 is 4.39 Å². The summed E-state index contributed by atoms with van der Waals surface area (Å²) in [6.45, 7) is 9.26. The average Bonchev–Trinajstić information content (AvgIpc) is 3.31. The van der Waals surface area contributed by atoms with Crippen LogP contribution in [0.5, 0.6) is 0 Å². The molecule has 0 aromatic carbocycles. The standard InChI is InChI=1S/C28H41FN6O2/c1-4-18(2)31-24(19-9-6-5-7-10-19)23-16-35-27(32-23)33-25(21-17-37-14-12-28(21,3)29)22(34-35)15-20-11-8-13-30-26(20)36/h16,19-21,24,31H,2,4-15,17H2,1,3H3,(H,30,36)/t20-,21?,24?,28?/m1/s1. The quantitative estimate of drug-likeness (QED) is 0.539. The maximum Gasteiger partial charge on any atom is 0.251 e. The van der Waals surface area contributed by atoms with Gasteiger partial charge < -0.3 is 15.4 Å². The number of fused-ring (bicyclic) bond motifs is 1. The number of hydrogen-bond acceptors (Lipinski definition) is 6. The molecule has 2 aliphatic heterocycles. The minimum atomic E-state index is -1.46. The summed E-state index contributed by atoms with van der Waals surface area (Å²) in [4.78, 5) is 22.4. The molecule has 202 valence electrons. The molecule has 0 radical (unpaired) electrons. The van der Waals surface area contributed by atoms with Gasteiger partial charge in [-0.25, -0.2) is 18.9 Å². The molecule has 0 spiro atoms. The molecule has 1 saturated carbocycles. The smallest absolute Gasteiger partial charge is 0.251 e. The molecule has 1 aliphatic carbocycles. The normalized spacial score (nSPS) is 28.1. The van der Waals surface area contributed by atoms with Crippen LogP contribution < -0.4 is 10.6 Å². The highest BCUT2D eigenvalue weighted by molar-refractivity contribution is 5.79. The van der Waals surface area contributed by atoms with Gasteiger partial charge in [0.2, 0.25) is 5.91 Å². The number of carbonyl (C=O) groups excluding carboxylic acids is 1. The Bertz CT molecular complexity index is 1130. The summed E-state index contributed by atoms with van der Waals surface area (Å²) in [6.07, 6.45) is 11.3. The van der Waals surface area contributed by atoms with Crippen molar-refractivity contribution in [2.24, 2.45) is 11.8 Å². The van der Waals surface area contributed by atoms with Gasteiger partial charge in [-0.3, -0.25) is 4.79 Å². The van der Waals surface area contributed by atoms with E-state index in [4.69, 9.17) is 19.8 Å². The Hall–Kier alpha value is -2.55. The number of imidazole rings is 1. The number of nitrogens with one attached hydrogen (secondary N) is 2. The van der Waals surface area contributed by atoms with Crippen molar-refractivity contribution < 1.29 is 13.9 Å². The first kappa shape index (κ1) is 26.1. The number of hydrogen-bond donors (Lipinski definition) is 2. The first-order chi connectivity index (χ1) is 17.9. The summed E-state index contributed by atoms with van der Waals surface area (Å²) in [5.74, 6) is 0.225. The van der Waals surface area contributed by atoms with E-state index in [0.29, 0.717) is 49.1 Å². The number of halogens is 1. The molecule has 2 saturated heterocycles. The van der Waals surface area contributed by atoms with Crippen LogP contribution in [0.2, 0.25) is 0 Å². The molecule has 2 aromatic rings. The maximum atomic E-state index is 15.7. The highest BCUT2D eigenvalue weighted by Gasteiger charge is 2.42. The van der Waals surface area contributed by atoms with Crippen LogP contribution >= 0.6 is 0 Å². The van der Waals surface area contributed by atoms with E-state index in [0.717, 1.165) is 43.5 Å². The summed E-state index contributed by atoms with van der Waals surface area (Å²) >= 11 is 0. The van der Waals surface area contributed by atoms with Crippen molar-refractivity contribution in [2.75, 3.05) is 19.8 Å². The van der Waals surface area contributed by atoms with E-state index in [1.165, 1.54) is 19.3 Å². The van der Waals surface area contributed by atoms with Gasteiger partial charge >= 0.3 is 0 Å². The van der Waals surface area contributed by atoms with Gasteiger partial charge in [-0.15, -0.1) is 0 Å². The molecular weight excluding hydrogens is 471 g/mol. The van der Waals surface area contributed by atoms with Crippen molar-refractivity contribution in [3.05, 3.63) is 35.6 Å². The Morgan fingerprint density at radius 2 is 2.11 bits per heavy atom. The molecule has 3 fully saturated rings. The van der Waals surface area contributed by atoms with E-state index in [1.54, 1.807) is 11.4 Å². The van der Waals surface area contributed by atoms with Crippen LogP contribution in [-0.4, -0.2) is 50.9 Å². The number of nitrogens with zero attached hydrogens (tertiary/aromatic N) is 4. The number of rotatable bonds is 8. The Morgan fingerprint density at radius 1 is 1.30 bits per heavy atom. The highest BCUT2D eigenvalue weighted by atomic mass is 19.1. The fourth-order valence-corrected chi connectivity index (χ4v) is 6.13. The SMILES string of the molecule is C=C(CC)NC(c1cn2nc(C[C@H]3CCCNC3=O)c(C3COCCC3(C)F)nc2n1)C1CCCCC1. The Morgan fingerprint density at radius 3 is 2.84 bits per heavy atom.